The van der Waals surface area contributed by atoms with Gasteiger partial charge in [0.15, 0.2) is 0 Å². The monoisotopic (exact) mass is 255 g/mol. The van der Waals surface area contributed by atoms with E-state index in [0.717, 1.165) is 12.8 Å². The van der Waals surface area contributed by atoms with Crippen LogP contribution < -0.4 is 5.32 Å². The molecule has 0 aromatic rings. The summed E-state index contributed by atoms with van der Waals surface area (Å²) in [4.78, 5) is 22.8. The van der Waals surface area contributed by atoms with Crippen LogP contribution in [0.2, 0.25) is 0 Å². The van der Waals surface area contributed by atoms with Crippen LogP contribution in [0.1, 0.15) is 46.5 Å². The Morgan fingerprint density at radius 1 is 1.28 bits per heavy atom. The van der Waals surface area contributed by atoms with E-state index >= 15 is 0 Å². The minimum Gasteiger partial charge on any atom is -0.478 e. The zero-order valence-corrected chi connectivity index (χ0v) is 11.2. The van der Waals surface area contributed by atoms with Crippen LogP contribution in [-0.4, -0.2) is 28.3 Å². The van der Waals surface area contributed by atoms with Gasteiger partial charge in [0.25, 0.3) is 0 Å². The molecule has 0 bridgehead atoms. The summed E-state index contributed by atoms with van der Waals surface area (Å²) in [6.45, 7) is 8.88. The largest absolute Gasteiger partial charge is 0.478 e. The predicted octanol–water partition coefficient (Wildman–Crippen LogP) is 2.46. The third-order valence-electron chi connectivity index (χ3n) is 3.03. The van der Waals surface area contributed by atoms with Crippen molar-refractivity contribution in [2.45, 2.75) is 57.6 Å². The molecule has 1 rings (SSSR count). The second-order valence-corrected chi connectivity index (χ2v) is 5.70. The molecule has 1 amide bonds. The number of hydrogen-bond acceptors (Lipinski definition) is 3. The second kappa shape index (κ2) is 5.00. The summed E-state index contributed by atoms with van der Waals surface area (Å²) < 4.78 is 5.17. The molecule has 0 radical (unpaired) electrons. The van der Waals surface area contributed by atoms with Crippen LogP contribution in [0, 0.1) is 0 Å². The van der Waals surface area contributed by atoms with Crippen LogP contribution in [0.25, 0.3) is 0 Å². The standard InChI is InChI=1S/C13H21NO4/c1-9(10(15)16)13(7-5-6-8-13)14-11(17)18-12(2,3)4/h1,5-8H2,2-4H3,(H,14,17)(H,15,16). The normalized spacial score (nSPS) is 18.2. The highest BCUT2D eigenvalue weighted by atomic mass is 16.6. The number of alkyl carbamates (subject to hydrolysis) is 1. The van der Waals surface area contributed by atoms with Crippen molar-refractivity contribution in [3.8, 4) is 0 Å². The summed E-state index contributed by atoms with van der Waals surface area (Å²) in [5.74, 6) is -1.08. The molecule has 0 atom stereocenters. The third kappa shape index (κ3) is 3.48. The van der Waals surface area contributed by atoms with Gasteiger partial charge in [0, 0.05) is 0 Å². The Morgan fingerprint density at radius 2 is 1.78 bits per heavy atom. The van der Waals surface area contributed by atoms with Gasteiger partial charge in [-0.25, -0.2) is 9.59 Å². The summed E-state index contributed by atoms with van der Waals surface area (Å²) in [5.41, 5.74) is -1.42. The third-order valence-corrected chi connectivity index (χ3v) is 3.03. The molecule has 1 aliphatic rings. The van der Waals surface area contributed by atoms with E-state index in [1.165, 1.54) is 0 Å². The SMILES string of the molecule is C=C(C(=O)O)C1(NC(=O)OC(C)(C)C)CCCC1. The number of carbonyl (C=O) groups excluding carboxylic acids is 1. The number of rotatable bonds is 3. The Morgan fingerprint density at radius 3 is 2.17 bits per heavy atom. The van der Waals surface area contributed by atoms with E-state index in [1.54, 1.807) is 20.8 Å². The van der Waals surface area contributed by atoms with Gasteiger partial charge >= 0.3 is 12.1 Å². The number of nitrogens with one attached hydrogen (secondary N) is 1. The number of hydrogen-bond donors (Lipinski definition) is 2. The van der Waals surface area contributed by atoms with Crippen molar-refractivity contribution in [2.75, 3.05) is 0 Å². The maximum atomic E-state index is 11.8. The molecule has 18 heavy (non-hydrogen) atoms. The maximum Gasteiger partial charge on any atom is 0.408 e. The Balaban J connectivity index is 2.78. The van der Waals surface area contributed by atoms with Crippen molar-refractivity contribution < 1.29 is 19.4 Å². The molecule has 102 valence electrons. The quantitative estimate of drug-likeness (QED) is 0.759. The highest BCUT2D eigenvalue weighted by Crippen LogP contribution is 2.35. The Bertz CT molecular complexity index is 362. The van der Waals surface area contributed by atoms with Crippen LogP contribution in [0.5, 0.6) is 0 Å². The smallest absolute Gasteiger partial charge is 0.408 e. The number of carboxylic acids is 1. The molecule has 0 aliphatic heterocycles. The first-order valence-electron chi connectivity index (χ1n) is 6.10. The van der Waals surface area contributed by atoms with Crippen LogP contribution in [0.4, 0.5) is 4.79 Å². The van der Waals surface area contributed by atoms with E-state index in [2.05, 4.69) is 11.9 Å². The van der Waals surface area contributed by atoms with Gasteiger partial charge in [-0.2, -0.15) is 0 Å². The van der Waals surface area contributed by atoms with Gasteiger partial charge in [0.2, 0.25) is 0 Å². The van der Waals surface area contributed by atoms with Crippen LogP contribution in [-0.2, 0) is 9.53 Å². The van der Waals surface area contributed by atoms with Gasteiger partial charge < -0.3 is 15.2 Å². The first kappa shape index (κ1) is 14.5. The van der Waals surface area contributed by atoms with Crippen molar-refractivity contribution in [3.63, 3.8) is 0 Å². The first-order chi connectivity index (χ1) is 8.16. The minimum absolute atomic E-state index is 0.0332. The lowest BCUT2D eigenvalue weighted by Crippen LogP contribution is -2.50. The van der Waals surface area contributed by atoms with Crippen molar-refractivity contribution >= 4 is 12.1 Å². The van der Waals surface area contributed by atoms with Crippen molar-refractivity contribution in [1.29, 1.82) is 0 Å². The average Bonchev–Trinajstić information content (AvgIpc) is 2.62. The van der Waals surface area contributed by atoms with Gasteiger partial charge in [0.05, 0.1) is 11.1 Å². The van der Waals surface area contributed by atoms with Gasteiger partial charge in [-0.15, -0.1) is 0 Å². The molecule has 0 heterocycles. The highest BCUT2D eigenvalue weighted by Gasteiger charge is 2.41. The summed E-state index contributed by atoms with van der Waals surface area (Å²) in [5, 5.41) is 11.7. The Hall–Kier alpha value is -1.52. The highest BCUT2D eigenvalue weighted by molar-refractivity contribution is 5.90. The fraction of sp³-hybridized carbons (Fsp3) is 0.692. The number of amides is 1. The van der Waals surface area contributed by atoms with E-state index in [9.17, 15) is 9.59 Å². The van der Waals surface area contributed by atoms with Crippen molar-refractivity contribution in [3.05, 3.63) is 12.2 Å². The van der Waals surface area contributed by atoms with Gasteiger partial charge in [-0.1, -0.05) is 19.4 Å². The molecule has 0 unspecified atom stereocenters. The van der Waals surface area contributed by atoms with Crippen LogP contribution in [0.15, 0.2) is 12.2 Å². The summed E-state index contributed by atoms with van der Waals surface area (Å²) in [7, 11) is 0. The molecule has 5 nitrogen and oxygen atoms in total. The molecule has 0 spiro atoms. The predicted molar refractivity (Wildman–Crippen MR) is 67.3 cm³/mol. The zero-order valence-electron chi connectivity index (χ0n) is 11.2. The molecule has 2 N–H and O–H groups in total. The fourth-order valence-corrected chi connectivity index (χ4v) is 2.18. The molecule has 1 saturated carbocycles. The molecular weight excluding hydrogens is 234 g/mol. The van der Waals surface area contributed by atoms with Crippen LogP contribution >= 0.6 is 0 Å². The van der Waals surface area contributed by atoms with E-state index < -0.39 is 23.2 Å². The summed E-state index contributed by atoms with van der Waals surface area (Å²) in [6.07, 6.45) is 2.35. The molecule has 1 fully saturated rings. The summed E-state index contributed by atoms with van der Waals surface area (Å²) >= 11 is 0. The van der Waals surface area contributed by atoms with Gasteiger partial charge in [-0.05, 0) is 33.6 Å². The van der Waals surface area contributed by atoms with Gasteiger partial charge in [-0.3, -0.25) is 0 Å². The van der Waals surface area contributed by atoms with Gasteiger partial charge in [0.1, 0.15) is 5.60 Å². The number of carboxylic acid groups (broad SMARTS) is 1. The van der Waals surface area contributed by atoms with Crippen molar-refractivity contribution in [2.24, 2.45) is 0 Å². The van der Waals surface area contributed by atoms with E-state index in [1.807, 2.05) is 0 Å². The number of ether oxygens (including phenoxy) is 1. The van der Waals surface area contributed by atoms with E-state index in [-0.39, 0.29) is 5.57 Å². The fourth-order valence-electron chi connectivity index (χ4n) is 2.18. The average molecular weight is 255 g/mol. The molecule has 0 aromatic heterocycles. The Labute approximate surface area is 107 Å². The molecule has 1 aliphatic carbocycles. The number of carbonyl (C=O) groups is 2. The van der Waals surface area contributed by atoms with E-state index in [4.69, 9.17) is 9.84 Å². The molecule has 0 saturated heterocycles. The molecule has 5 heteroatoms. The lowest BCUT2D eigenvalue weighted by Gasteiger charge is -2.31. The molecule has 0 aromatic carbocycles. The topological polar surface area (TPSA) is 75.6 Å². The van der Waals surface area contributed by atoms with E-state index in [0.29, 0.717) is 12.8 Å². The second-order valence-electron chi connectivity index (χ2n) is 5.70. The molecular formula is C13H21NO4. The Kier molecular flexibility index (Phi) is 4.04. The minimum atomic E-state index is -1.08. The maximum absolute atomic E-state index is 11.8. The van der Waals surface area contributed by atoms with Crippen LogP contribution in [0.3, 0.4) is 0 Å². The van der Waals surface area contributed by atoms with Crippen molar-refractivity contribution in [1.82, 2.24) is 5.32 Å². The lowest BCUT2D eigenvalue weighted by atomic mass is 9.89. The first-order valence-corrected chi connectivity index (χ1v) is 6.10. The number of aliphatic carboxylic acids is 1. The zero-order chi connectivity index (χ0) is 14.0. The summed E-state index contributed by atoms with van der Waals surface area (Å²) in [6, 6.07) is 0. The lowest BCUT2D eigenvalue weighted by molar-refractivity contribution is -0.133.